The molecule has 10 nitrogen and oxygen atoms in total. The molecule has 0 amide bonds. The lowest BCUT2D eigenvalue weighted by molar-refractivity contribution is -0.686. The monoisotopic (exact) mass is 492 g/mol. The molecule has 34 heavy (non-hydrogen) atoms. The van der Waals surface area contributed by atoms with Crippen molar-refractivity contribution in [2.45, 2.75) is 32.4 Å². The van der Waals surface area contributed by atoms with Crippen LogP contribution in [0.1, 0.15) is 18.9 Å². The van der Waals surface area contributed by atoms with Crippen molar-refractivity contribution < 1.29 is 27.6 Å². The topological polar surface area (TPSA) is 111 Å². The van der Waals surface area contributed by atoms with Crippen LogP contribution >= 0.6 is 0 Å². The Kier molecular flexibility index (Phi) is 8.40. The van der Waals surface area contributed by atoms with Crippen LogP contribution in [-0.2, 0) is 31.8 Å². The van der Waals surface area contributed by atoms with E-state index in [0.29, 0.717) is 50.1 Å². The molecule has 3 heterocycles. The number of hydrogen-bond donors (Lipinski definition) is 2. The van der Waals surface area contributed by atoms with E-state index in [1.807, 2.05) is 16.7 Å². The lowest BCUT2D eigenvalue weighted by Gasteiger charge is -2.28. The molecule has 2 aromatic heterocycles. The maximum Gasteiger partial charge on any atom is 0.332 e. The number of quaternary nitrogens is 1. The zero-order chi connectivity index (χ0) is 23.5. The van der Waals surface area contributed by atoms with Gasteiger partial charge in [-0.15, -0.1) is 0 Å². The largest absolute Gasteiger partial charge is 1.00 e. The molecule has 1 fully saturated rings. The number of rotatable bonds is 8. The van der Waals surface area contributed by atoms with Gasteiger partial charge in [-0.25, -0.2) is 4.79 Å². The average Bonchev–Trinajstić information content (AvgIpc) is 3.21. The molecule has 1 aliphatic heterocycles. The molecule has 11 heteroatoms. The van der Waals surface area contributed by atoms with Crippen LogP contribution < -0.4 is 33.9 Å². The van der Waals surface area contributed by atoms with Gasteiger partial charge in [-0.05, 0) is 24.6 Å². The molecule has 0 bridgehead atoms. The number of ether oxygens (including phenoxy) is 1. The first-order chi connectivity index (χ1) is 15.9. The number of aromatic hydroxyl groups is 1. The number of aromatic nitrogens is 4. The van der Waals surface area contributed by atoms with Crippen molar-refractivity contribution in [2.24, 2.45) is 14.1 Å². The number of morpholine rings is 1. The van der Waals surface area contributed by atoms with Crippen LogP contribution in [0.4, 0.5) is 5.95 Å². The zero-order valence-corrected chi connectivity index (χ0v) is 20.7. The third-order valence-corrected chi connectivity index (χ3v) is 6.27. The SMILES string of the molecule is CC(Cc1ccc(O)cc1)[NH2+]CCCn1c(N2CCOCC2)nc2c1c(=O)n(C)c(=O)n2C.[Cl-]. The minimum Gasteiger partial charge on any atom is -1.00 e. The maximum absolute atomic E-state index is 13.0. The number of hydrogen-bond acceptors (Lipinski definition) is 6. The van der Waals surface area contributed by atoms with Crippen LogP contribution in [0.5, 0.6) is 5.75 Å². The van der Waals surface area contributed by atoms with E-state index in [2.05, 4.69) is 17.1 Å². The van der Waals surface area contributed by atoms with E-state index in [1.165, 1.54) is 17.2 Å². The highest BCUT2D eigenvalue weighted by Gasteiger charge is 2.24. The summed E-state index contributed by atoms with van der Waals surface area (Å²) in [7, 11) is 3.16. The Morgan fingerprint density at radius 3 is 2.47 bits per heavy atom. The van der Waals surface area contributed by atoms with Crippen molar-refractivity contribution in [3.8, 4) is 5.75 Å². The van der Waals surface area contributed by atoms with Gasteiger partial charge in [0.1, 0.15) is 5.75 Å². The lowest BCUT2D eigenvalue weighted by Crippen LogP contribution is -3.00. The molecule has 0 radical (unpaired) electrons. The number of anilines is 1. The van der Waals surface area contributed by atoms with E-state index in [1.54, 1.807) is 19.2 Å². The normalized spacial score (nSPS) is 14.9. The molecule has 1 saturated heterocycles. The number of imidazole rings is 1. The number of benzene rings is 1. The predicted octanol–water partition coefficient (Wildman–Crippen LogP) is -3.44. The van der Waals surface area contributed by atoms with Crippen molar-refractivity contribution in [2.75, 3.05) is 37.7 Å². The van der Waals surface area contributed by atoms with Gasteiger partial charge >= 0.3 is 5.69 Å². The van der Waals surface area contributed by atoms with Gasteiger partial charge in [-0.1, -0.05) is 12.1 Å². The van der Waals surface area contributed by atoms with Gasteiger partial charge in [0.25, 0.3) is 5.56 Å². The highest BCUT2D eigenvalue weighted by atomic mass is 35.5. The van der Waals surface area contributed by atoms with Crippen molar-refractivity contribution in [3.63, 3.8) is 0 Å². The summed E-state index contributed by atoms with van der Waals surface area (Å²) in [6.07, 6.45) is 1.77. The number of phenolic OH excluding ortho intramolecular Hbond substituents is 1. The van der Waals surface area contributed by atoms with Gasteiger partial charge < -0.3 is 37.0 Å². The predicted molar refractivity (Wildman–Crippen MR) is 126 cm³/mol. The third kappa shape index (κ3) is 5.29. The highest BCUT2D eigenvalue weighted by molar-refractivity contribution is 5.74. The fraction of sp³-hybridized carbons (Fsp3) is 0.522. The second-order valence-corrected chi connectivity index (χ2v) is 8.77. The Labute approximate surface area is 204 Å². The minimum absolute atomic E-state index is 0. The Bertz CT molecular complexity index is 1230. The van der Waals surface area contributed by atoms with Gasteiger partial charge in [-0.3, -0.25) is 13.9 Å². The highest BCUT2D eigenvalue weighted by Crippen LogP contribution is 2.21. The summed E-state index contributed by atoms with van der Waals surface area (Å²) >= 11 is 0. The molecule has 1 unspecified atom stereocenters. The zero-order valence-electron chi connectivity index (χ0n) is 19.9. The van der Waals surface area contributed by atoms with E-state index in [0.717, 1.165) is 29.9 Å². The standard InChI is InChI=1S/C23H32N6O4.ClH/c1-16(15-17-5-7-18(30)8-6-17)24-9-4-10-29-19-20(26(2)23(32)27(3)21(19)31)25-22(29)28-11-13-33-14-12-28;/h5-8,16,24,30H,4,9-15H2,1-3H3;1H. The minimum atomic E-state index is -0.373. The van der Waals surface area contributed by atoms with Crippen LogP contribution in [-0.4, -0.2) is 62.7 Å². The summed E-state index contributed by atoms with van der Waals surface area (Å²) in [6, 6.07) is 7.72. The summed E-state index contributed by atoms with van der Waals surface area (Å²) in [6.45, 7) is 6.35. The first-order valence-corrected chi connectivity index (χ1v) is 11.5. The number of halogens is 1. The maximum atomic E-state index is 13.0. The Morgan fingerprint density at radius 1 is 1.12 bits per heavy atom. The van der Waals surface area contributed by atoms with E-state index in [9.17, 15) is 14.7 Å². The number of phenols is 1. The molecule has 3 aromatic rings. The van der Waals surface area contributed by atoms with Crippen molar-refractivity contribution in [1.82, 2.24) is 18.7 Å². The second-order valence-electron chi connectivity index (χ2n) is 8.77. The molecule has 0 aliphatic carbocycles. The van der Waals surface area contributed by atoms with Crippen molar-refractivity contribution in [3.05, 3.63) is 50.7 Å². The summed E-state index contributed by atoms with van der Waals surface area (Å²) < 4.78 is 10.1. The van der Waals surface area contributed by atoms with Crippen LogP contribution in [0, 0.1) is 0 Å². The smallest absolute Gasteiger partial charge is 0.332 e. The molecule has 4 rings (SSSR count). The van der Waals surface area contributed by atoms with Crippen LogP contribution in [0.3, 0.4) is 0 Å². The molecule has 1 aromatic carbocycles. The quantitative estimate of drug-likeness (QED) is 0.317. The van der Waals surface area contributed by atoms with Gasteiger partial charge in [0, 0.05) is 46.6 Å². The third-order valence-electron chi connectivity index (χ3n) is 6.27. The Balaban J connectivity index is 0.00000324. The average molecular weight is 493 g/mol. The molecular formula is C23H33ClN6O4. The van der Waals surface area contributed by atoms with Gasteiger partial charge in [0.2, 0.25) is 5.95 Å². The fourth-order valence-corrected chi connectivity index (χ4v) is 4.39. The first kappa shape index (κ1) is 25.8. The number of nitrogens with zero attached hydrogens (tertiary/aromatic N) is 5. The van der Waals surface area contributed by atoms with Gasteiger partial charge in [0.05, 0.1) is 25.8 Å². The summed E-state index contributed by atoms with van der Waals surface area (Å²) in [5.74, 6) is 1.01. The number of aryl methyl sites for hydroxylation is 2. The first-order valence-electron chi connectivity index (χ1n) is 11.5. The molecule has 0 saturated carbocycles. The number of fused-ring (bicyclic) bond motifs is 1. The lowest BCUT2D eigenvalue weighted by atomic mass is 10.1. The Morgan fingerprint density at radius 2 is 1.79 bits per heavy atom. The van der Waals surface area contributed by atoms with Crippen molar-refractivity contribution >= 4 is 17.1 Å². The molecule has 1 atom stereocenters. The molecule has 3 N–H and O–H groups in total. The summed E-state index contributed by atoms with van der Waals surface area (Å²) in [5, 5.41) is 11.7. The van der Waals surface area contributed by atoms with E-state index >= 15 is 0 Å². The van der Waals surface area contributed by atoms with Gasteiger partial charge in [0.15, 0.2) is 11.2 Å². The summed E-state index contributed by atoms with van der Waals surface area (Å²) in [5.41, 5.74) is 1.40. The van der Waals surface area contributed by atoms with Crippen LogP contribution in [0.25, 0.3) is 11.2 Å². The van der Waals surface area contributed by atoms with Gasteiger partial charge in [-0.2, -0.15) is 4.98 Å². The van der Waals surface area contributed by atoms with Crippen molar-refractivity contribution in [1.29, 1.82) is 0 Å². The molecule has 186 valence electrons. The second kappa shape index (κ2) is 11.1. The molecular weight excluding hydrogens is 460 g/mol. The molecule has 0 spiro atoms. The van der Waals surface area contributed by atoms with E-state index < -0.39 is 0 Å². The fourth-order valence-electron chi connectivity index (χ4n) is 4.39. The Hall–Kier alpha value is -2.82. The van der Waals surface area contributed by atoms with Crippen LogP contribution in [0.15, 0.2) is 33.9 Å². The van der Waals surface area contributed by atoms with E-state index in [-0.39, 0.29) is 29.4 Å². The van der Waals surface area contributed by atoms with Crippen LogP contribution in [0.2, 0.25) is 0 Å². The molecule has 1 aliphatic rings. The number of nitrogens with two attached hydrogens (primary N) is 1. The summed E-state index contributed by atoms with van der Waals surface area (Å²) in [4.78, 5) is 32.3. The van der Waals surface area contributed by atoms with E-state index in [4.69, 9.17) is 9.72 Å².